The highest BCUT2D eigenvalue weighted by molar-refractivity contribution is 5.41. The zero-order chi connectivity index (χ0) is 14.1. The van der Waals surface area contributed by atoms with E-state index in [9.17, 15) is 5.11 Å². The van der Waals surface area contributed by atoms with Crippen LogP contribution in [0.4, 0.5) is 5.69 Å². The molecule has 1 unspecified atom stereocenters. The molecule has 5 heteroatoms. The molecule has 0 fully saturated rings. The van der Waals surface area contributed by atoms with Gasteiger partial charge in [0.25, 0.3) is 0 Å². The number of aliphatic hydroxyl groups is 2. The van der Waals surface area contributed by atoms with Gasteiger partial charge in [-0.3, -0.25) is 4.90 Å². The molecule has 4 N–H and O–H groups in total. The summed E-state index contributed by atoms with van der Waals surface area (Å²) < 4.78 is 5.49. The number of nitrogens with two attached hydrogens (primary N) is 1. The van der Waals surface area contributed by atoms with Crippen molar-refractivity contribution in [2.45, 2.75) is 19.4 Å². The van der Waals surface area contributed by atoms with Crippen molar-refractivity contribution in [3.05, 3.63) is 24.3 Å². The molecule has 0 saturated heterocycles. The maximum absolute atomic E-state index is 9.92. The van der Waals surface area contributed by atoms with Crippen molar-refractivity contribution in [3.8, 4) is 5.75 Å². The lowest BCUT2D eigenvalue weighted by atomic mass is 10.3. The van der Waals surface area contributed by atoms with Gasteiger partial charge in [-0.25, -0.2) is 0 Å². The molecule has 0 saturated carbocycles. The molecule has 1 rings (SSSR count). The number of benzene rings is 1. The molecule has 5 nitrogen and oxygen atoms in total. The van der Waals surface area contributed by atoms with E-state index >= 15 is 0 Å². The Labute approximate surface area is 114 Å². The minimum absolute atomic E-state index is 0.103. The van der Waals surface area contributed by atoms with E-state index in [4.69, 9.17) is 15.6 Å². The molecule has 0 amide bonds. The van der Waals surface area contributed by atoms with E-state index in [2.05, 4.69) is 6.92 Å². The molecule has 0 bridgehead atoms. The van der Waals surface area contributed by atoms with E-state index in [0.717, 1.165) is 13.0 Å². The average Bonchev–Trinajstić information content (AvgIpc) is 2.39. The Balaban J connectivity index is 2.33. The molecule has 0 aliphatic heterocycles. The van der Waals surface area contributed by atoms with Gasteiger partial charge < -0.3 is 20.7 Å². The Kier molecular flexibility index (Phi) is 7.25. The largest absolute Gasteiger partial charge is 0.491 e. The Morgan fingerprint density at radius 3 is 2.53 bits per heavy atom. The quantitative estimate of drug-likeness (QED) is 0.575. The lowest BCUT2D eigenvalue weighted by Gasteiger charge is -2.23. The molecular formula is C14H24N2O3. The Morgan fingerprint density at radius 1 is 1.26 bits per heavy atom. The van der Waals surface area contributed by atoms with E-state index in [0.29, 0.717) is 24.5 Å². The predicted octanol–water partition coefficient (Wildman–Crippen LogP) is 0.713. The molecule has 19 heavy (non-hydrogen) atoms. The number of anilines is 1. The van der Waals surface area contributed by atoms with E-state index in [-0.39, 0.29) is 13.2 Å². The zero-order valence-electron chi connectivity index (χ0n) is 11.5. The zero-order valence-corrected chi connectivity index (χ0v) is 11.5. The predicted molar refractivity (Wildman–Crippen MR) is 76.2 cm³/mol. The molecule has 0 aliphatic carbocycles. The van der Waals surface area contributed by atoms with Gasteiger partial charge in [0.1, 0.15) is 18.5 Å². The van der Waals surface area contributed by atoms with Crippen molar-refractivity contribution in [1.82, 2.24) is 4.90 Å². The van der Waals surface area contributed by atoms with Crippen molar-refractivity contribution in [3.63, 3.8) is 0 Å². The van der Waals surface area contributed by atoms with Crippen LogP contribution in [0.2, 0.25) is 0 Å². The first-order chi connectivity index (χ1) is 9.15. The lowest BCUT2D eigenvalue weighted by Crippen LogP contribution is -2.37. The normalized spacial score (nSPS) is 12.6. The van der Waals surface area contributed by atoms with Crippen molar-refractivity contribution >= 4 is 5.69 Å². The number of nitrogen functional groups attached to an aromatic ring is 1. The van der Waals surface area contributed by atoms with Gasteiger partial charge >= 0.3 is 0 Å². The summed E-state index contributed by atoms with van der Waals surface area (Å²) in [5, 5.41) is 18.9. The lowest BCUT2D eigenvalue weighted by molar-refractivity contribution is 0.0619. The first kappa shape index (κ1) is 15.8. The third-order valence-corrected chi connectivity index (χ3v) is 2.75. The summed E-state index contributed by atoms with van der Waals surface area (Å²) in [7, 11) is 0. The maximum atomic E-state index is 9.92. The van der Waals surface area contributed by atoms with E-state index in [1.165, 1.54) is 0 Å². The number of ether oxygens (including phenoxy) is 1. The van der Waals surface area contributed by atoms with Gasteiger partial charge in [0.15, 0.2) is 0 Å². The highest BCUT2D eigenvalue weighted by Gasteiger charge is 2.11. The summed E-state index contributed by atoms with van der Waals surface area (Å²) in [6.07, 6.45) is 0.418. The molecule has 0 aromatic heterocycles. The molecule has 108 valence electrons. The second kappa shape index (κ2) is 8.74. The number of rotatable bonds is 9. The van der Waals surface area contributed by atoms with Gasteiger partial charge in [-0.15, -0.1) is 0 Å². The fourth-order valence-corrected chi connectivity index (χ4v) is 1.86. The average molecular weight is 268 g/mol. The highest BCUT2D eigenvalue weighted by Crippen LogP contribution is 2.13. The van der Waals surface area contributed by atoms with Crippen LogP contribution in [-0.2, 0) is 0 Å². The van der Waals surface area contributed by atoms with Gasteiger partial charge in [0.05, 0.1) is 6.61 Å². The monoisotopic (exact) mass is 268 g/mol. The van der Waals surface area contributed by atoms with Crippen LogP contribution in [0.5, 0.6) is 5.75 Å². The second-order valence-corrected chi connectivity index (χ2v) is 4.56. The van der Waals surface area contributed by atoms with Gasteiger partial charge in [0, 0.05) is 18.8 Å². The fraction of sp³-hybridized carbons (Fsp3) is 0.571. The number of aliphatic hydroxyl groups excluding tert-OH is 2. The summed E-state index contributed by atoms with van der Waals surface area (Å²) >= 11 is 0. The minimum Gasteiger partial charge on any atom is -0.491 e. The van der Waals surface area contributed by atoms with Crippen LogP contribution in [-0.4, -0.2) is 54.1 Å². The van der Waals surface area contributed by atoms with Gasteiger partial charge in [-0.05, 0) is 37.2 Å². The molecule has 0 spiro atoms. The molecule has 0 heterocycles. The van der Waals surface area contributed by atoms with Crippen LogP contribution in [0.1, 0.15) is 13.3 Å². The molecular weight excluding hydrogens is 244 g/mol. The van der Waals surface area contributed by atoms with Crippen molar-refractivity contribution in [2.24, 2.45) is 0 Å². The van der Waals surface area contributed by atoms with Crippen LogP contribution < -0.4 is 10.5 Å². The third-order valence-electron chi connectivity index (χ3n) is 2.75. The van der Waals surface area contributed by atoms with Crippen LogP contribution in [0.25, 0.3) is 0 Å². The highest BCUT2D eigenvalue weighted by atomic mass is 16.5. The standard InChI is InChI=1S/C14H24N2O3/c1-2-7-16(8-9-17)10-13(18)11-19-14-5-3-12(15)4-6-14/h3-6,13,17-18H,2,7-11,15H2,1H3. The third kappa shape index (κ3) is 6.42. The van der Waals surface area contributed by atoms with Crippen molar-refractivity contribution in [1.29, 1.82) is 0 Å². The maximum Gasteiger partial charge on any atom is 0.119 e. The Bertz CT molecular complexity index is 337. The number of hydrogen-bond donors (Lipinski definition) is 3. The van der Waals surface area contributed by atoms with Gasteiger partial charge in [-0.2, -0.15) is 0 Å². The number of nitrogens with zero attached hydrogens (tertiary/aromatic N) is 1. The van der Waals surface area contributed by atoms with Crippen molar-refractivity contribution < 1.29 is 14.9 Å². The van der Waals surface area contributed by atoms with Crippen LogP contribution >= 0.6 is 0 Å². The summed E-state index contributed by atoms with van der Waals surface area (Å²) in [4.78, 5) is 2.02. The van der Waals surface area contributed by atoms with Gasteiger partial charge in [0.2, 0.25) is 0 Å². The molecule has 0 aliphatic rings. The van der Waals surface area contributed by atoms with E-state index in [1.54, 1.807) is 24.3 Å². The Hall–Kier alpha value is -1.30. The summed E-state index contributed by atoms with van der Waals surface area (Å²) in [6.45, 7) is 4.35. The molecule has 1 atom stereocenters. The molecule has 1 aromatic carbocycles. The molecule has 1 aromatic rings. The van der Waals surface area contributed by atoms with Crippen LogP contribution in [0.3, 0.4) is 0 Å². The van der Waals surface area contributed by atoms with Crippen molar-refractivity contribution in [2.75, 3.05) is 38.6 Å². The summed E-state index contributed by atoms with van der Waals surface area (Å²) in [5.41, 5.74) is 6.27. The van der Waals surface area contributed by atoms with Gasteiger partial charge in [-0.1, -0.05) is 6.92 Å². The van der Waals surface area contributed by atoms with Crippen LogP contribution in [0, 0.1) is 0 Å². The van der Waals surface area contributed by atoms with Crippen LogP contribution in [0.15, 0.2) is 24.3 Å². The van der Waals surface area contributed by atoms with E-state index < -0.39 is 6.10 Å². The first-order valence-electron chi connectivity index (χ1n) is 6.65. The molecule has 0 radical (unpaired) electrons. The minimum atomic E-state index is -0.573. The SMILES string of the molecule is CCCN(CCO)CC(O)COc1ccc(N)cc1. The smallest absolute Gasteiger partial charge is 0.119 e. The second-order valence-electron chi connectivity index (χ2n) is 4.56. The topological polar surface area (TPSA) is 79.0 Å². The Morgan fingerprint density at radius 2 is 1.95 bits per heavy atom. The summed E-state index contributed by atoms with van der Waals surface area (Å²) in [6, 6.07) is 7.08. The first-order valence-corrected chi connectivity index (χ1v) is 6.65. The van der Waals surface area contributed by atoms with E-state index in [1.807, 2.05) is 4.90 Å². The number of hydrogen-bond acceptors (Lipinski definition) is 5. The summed E-state index contributed by atoms with van der Waals surface area (Å²) in [5.74, 6) is 0.692. The fourth-order valence-electron chi connectivity index (χ4n) is 1.86.